The zero-order chi connectivity index (χ0) is 19.3. The van der Waals surface area contributed by atoms with Gasteiger partial charge in [-0.2, -0.15) is 0 Å². The van der Waals surface area contributed by atoms with Gasteiger partial charge in [-0.05, 0) is 41.9 Å². The molecule has 2 aliphatic rings. The summed E-state index contributed by atoms with van der Waals surface area (Å²) in [6, 6.07) is 13.0. The molecular formula is C23H29N3O2. The highest BCUT2D eigenvalue weighted by Gasteiger charge is 2.18. The first-order valence-corrected chi connectivity index (χ1v) is 10.00. The molecule has 28 heavy (non-hydrogen) atoms. The topological polar surface area (TPSA) is 37.0 Å². The van der Waals surface area contributed by atoms with Gasteiger partial charge in [-0.1, -0.05) is 18.2 Å². The van der Waals surface area contributed by atoms with Gasteiger partial charge in [0.2, 0.25) is 0 Å². The first-order chi connectivity index (χ1) is 13.8. The molecule has 0 saturated carbocycles. The van der Waals surface area contributed by atoms with Crippen LogP contribution in [0.1, 0.15) is 12.0 Å². The molecular weight excluding hydrogens is 350 g/mol. The lowest BCUT2D eigenvalue weighted by Gasteiger charge is -2.29. The number of hydrogen-bond donors (Lipinski definition) is 1. The molecule has 0 aliphatic carbocycles. The zero-order valence-electron chi connectivity index (χ0n) is 16.8. The number of ether oxygens (including phenoxy) is 2. The van der Waals surface area contributed by atoms with Crippen LogP contribution in [0.3, 0.4) is 0 Å². The summed E-state index contributed by atoms with van der Waals surface area (Å²) in [6.45, 7) is 6.10. The number of methoxy groups -OCH3 is 2. The van der Waals surface area contributed by atoms with Gasteiger partial charge in [0.05, 0.1) is 14.2 Å². The summed E-state index contributed by atoms with van der Waals surface area (Å²) >= 11 is 0. The van der Waals surface area contributed by atoms with Gasteiger partial charge >= 0.3 is 0 Å². The molecule has 5 nitrogen and oxygen atoms in total. The van der Waals surface area contributed by atoms with Crippen molar-refractivity contribution in [2.45, 2.75) is 13.0 Å². The Bertz CT molecular complexity index is 826. The Kier molecular flexibility index (Phi) is 5.72. The molecule has 0 bridgehead atoms. The highest BCUT2D eigenvalue weighted by molar-refractivity contribution is 5.76. The maximum absolute atomic E-state index is 5.76. The van der Waals surface area contributed by atoms with Gasteiger partial charge in [-0.25, -0.2) is 0 Å². The van der Waals surface area contributed by atoms with E-state index in [4.69, 9.17) is 9.47 Å². The molecule has 0 unspecified atom stereocenters. The highest BCUT2D eigenvalue weighted by Crippen LogP contribution is 2.38. The fourth-order valence-corrected chi connectivity index (χ4v) is 4.03. The monoisotopic (exact) mass is 379 g/mol. The van der Waals surface area contributed by atoms with E-state index in [9.17, 15) is 0 Å². The molecule has 0 aromatic heterocycles. The van der Waals surface area contributed by atoms with Crippen LogP contribution in [0.15, 0.2) is 48.7 Å². The molecule has 2 aliphatic heterocycles. The summed E-state index contributed by atoms with van der Waals surface area (Å²) in [5.74, 6) is 1.68. The van der Waals surface area contributed by atoms with Crippen LogP contribution < -0.4 is 19.7 Å². The van der Waals surface area contributed by atoms with Crippen LogP contribution in [0.5, 0.6) is 11.5 Å². The zero-order valence-corrected chi connectivity index (χ0v) is 16.8. The Morgan fingerprint density at radius 2 is 1.75 bits per heavy atom. The quantitative estimate of drug-likeness (QED) is 0.831. The molecule has 2 heterocycles. The summed E-state index contributed by atoms with van der Waals surface area (Å²) in [5, 5.41) is 3.41. The van der Waals surface area contributed by atoms with Crippen molar-refractivity contribution in [3.63, 3.8) is 0 Å². The van der Waals surface area contributed by atoms with Gasteiger partial charge in [0, 0.05) is 56.6 Å². The lowest BCUT2D eigenvalue weighted by Crippen LogP contribution is -2.43. The van der Waals surface area contributed by atoms with Crippen molar-refractivity contribution in [1.82, 2.24) is 10.2 Å². The van der Waals surface area contributed by atoms with Crippen LogP contribution in [0, 0.1) is 0 Å². The van der Waals surface area contributed by atoms with Gasteiger partial charge < -0.3 is 24.6 Å². The Hall–Kier alpha value is -2.66. The minimum atomic E-state index is 0.830. The average Bonchev–Trinajstić information content (AvgIpc) is 3.27. The van der Waals surface area contributed by atoms with Crippen LogP contribution in [0.2, 0.25) is 0 Å². The van der Waals surface area contributed by atoms with E-state index >= 15 is 0 Å². The highest BCUT2D eigenvalue weighted by atomic mass is 16.5. The molecule has 1 fully saturated rings. The second-order valence-electron chi connectivity index (χ2n) is 7.29. The average molecular weight is 380 g/mol. The van der Waals surface area contributed by atoms with Crippen molar-refractivity contribution < 1.29 is 9.47 Å². The predicted octanol–water partition coefficient (Wildman–Crippen LogP) is 3.50. The van der Waals surface area contributed by atoms with Gasteiger partial charge in [-0.15, -0.1) is 0 Å². The third-order valence-electron chi connectivity index (χ3n) is 5.52. The summed E-state index contributed by atoms with van der Waals surface area (Å²) in [6.07, 6.45) is 5.51. The molecule has 1 saturated heterocycles. The summed E-state index contributed by atoms with van der Waals surface area (Å²) in [5.41, 5.74) is 4.83. The third kappa shape index (κ3) is 3.94. The number of hydrogen-bond acceptors (Lipinski definition) is 5. The third-order valence-corrected chi connectivity index (χ3v) is 5.52. The van der Waals surface area contributed by atoms with Crippen molar-refractivity contribution in [3.8, 4) is 22.6 Å². The van der Waals surface area contributed by atoms with Gasteiger partial charge in [0.25, 0.3) is 0 Å². The van der Waals surface area contributed by atoms with E-state index in [0.717, 1.165) is 62.8 Å². The van der Waals surface area contributed by atoms with Crippen molar-refractivity contribution in [2.24, 2.45) is 0 Å². The SMILES string of the molecule is COc1cc(CN2C=CCC2)c(-c2ccc(N3CCNCC3)cc2)c(OC)c1. The van der Waals surface area contributed by atoms with Crippen molar-refractivity contribution in [1.29, 1.82) is 0 Å². The maximum Gasteiger partial charge on any atom is 0.130 e. The molecule has 4 rings (SSSR count). The van der Waals surface area contributed by atoms with E-state index in [0.29, 0.717) is 0 Å². The van der Waals surface area contributed by atoms with Crippen LogP contribution >= 0.6 is 0 Å². The molecule has 148 valence electrons. The molecule has 0 atom stereocenters. The van der Waals surface area contributed by atoms with E-state index in [1.807, 2.05) is 6.07 Å². The number of nitrogens with zero attached hydrogens (tertiary/aromatic N) is 2. The van der Waals surface area contributed by atoms with Crippen molar-refractivity contribution in [2.75, 3.05) is 51.8 Å². The van der Waals surface area contributed by atoms with Crippen LogP contribution in [0.4, 0.5) is 5.69 Å². The number of rotatable bonds is 6. The Morgan fingerprint density at radius 3 is 2.39 bits per heavy atom. The smallest absolute Gasteiger partial charge is 0.130 e. The number of nitrogens with one attached hydrogen (secondary N) is 1. The van der Waals surface area contributed by atoms with Crippen molar-refractivity contribution in [3.05, 3.63) is 54.2 Å². The lowest BCUT2D eigenvalue weighted by molar-refractivity contribution is 0.382. The molecule has 0 radical (unpaired) electrons. The Morgan fingerprint density at radius 1 is 0.964 bits per heavy atom. The molecule has 5 heteroatoms. The van der Waals surface area contributed by atoms with Crippen LogP contribution in [0.25, 0.3) is 11.1 Å². The summed E-state index contributed by atoms with van der Waals surface area (Å²) < 4.78 is 11.3. The van der Waals surface area contributed by atoms with E-state index in [1.54, 1.807) is 14.2 Å². The summed E-state index contributed by atoms with van der Waals surface area (Å²) in [7, 11) is 3.43. The van der Waals surface area contributed by atoms with Gasteiger partial charge in [0.15, 0.2) is 0 Å². The van der Waals surface area contributed by atoms with Gasteiger partial charge in [0.1, 0.15) is 11.5 Å². The lowest BCUT2D eigenvalue weighted by atomic mass is 9.97. The minimum Gasteiger partial charge on any atom is -0.497 e. The van der Waals surface area contributed by atoms with Gasteiger partial charge in [-0.3, -0.25) is 0 Å². The molecule has 1 N–H and O–H groups in total. The molecule has 2 aromatic carbocycles. The first kappa shape index (κ1) is 18.7. The maximum atomic E-state index is 5.76. The normalized spacial score (nSPS) is 16.5. The van der Waals surface area contributed by atoms with Crippen LogP contribution in [-0.4, -0.2) is 51.8 Å². The second kappa shape index (κ2) is 8.57. The predicted molar refractivity (Wildman–Crippen MR) is 114 cm³/mol. The fraction of sp³-hybridized carbons (Fsp3) is 0.391. The van der Waals surface area contributed by atoms with E-state index < -0.39 is 0 Å². The van der Waals surface area contributed by atoms with E-state index in [2.05, 4.69) is 57.7 Å². The first-order valence-electron chi connectivity index (χ1n) is 10.00. The number of anilines is 1. The fourth-order valence-electron chi connectivity index (χ4n) is 4.03. The molecule has 2 aromatic rings. The standard InChI is InChI=1S/C23H29N3O2/c1-27-21-15-19(17-25-11-3-4-12-25)23(22(16-21)28-2)18-5-7-20(8-6-18)26-13-9-24-10-14-26/h3,5-8,11,15-16,24H,4,9-10,12-14,17H2,1-2H3. The molecule has 0 spiro atoms. The van der Waals surface area contributed by atoms with Crippen molar-refractivity contribution >= 4 is 5.69 Å². The number of benzene rings is 2. The Balaban J connectivity index is 1.69. The molecule has 0 amide bonds. The Labute approximate surface area is 167 Å². The largest absolute Gasteiger partial charge is 0.497 e. The number of piperazine rings is 1. The van der Waals surface area contributed by atoms with E-state index in [-0.39, 0.29) is 0 Å². The second-order valence-corrected chi connectivity index (χ2v) is 7.29. The summed E-state index contributed by atoms with van der Waals surface area (Å²) in [4.78, 5) is 4.77. The minimum absolute atomic E-state index is 0.830. The van der Waals surface area contributed by atoms with Crippen LogP contribution in [-0.2, 0) is 6.54 Å². The van der Waals surface area contributed by atoms with E-state index in [1.165, 1.54) is 16.8 Å².